The average molecular weight is 210 g/mol. The Labute approximate surface area is 90.7 Å². The van der Waals surface area contributed by atoms with Crippen LogP contribution in [0.5, 0.6) is 0 Å². The van der Waals surface area contributed by atoms with Gasteiger partial charge in [-0.3, -0.25) is 4.90 Å². The molecule has 2 heteroatoms. The monoisotopic (exact) mass is 209 g/mol. The molecule has 1 aromatic rings. The summed E-state index contributed by atoms with van der Waals surface area (Å²) in [6, 6.07) is 10.1. The van der Waals surface area contributed by atoms with E-state index in [0.717, 1.165) is 5.02 Å². The molecule has 1 aliphatic rings. The molecule has 0 radical (unpaired) electrons. The van der Waals surface area contributed by atoms with Crippen molar-refractivity contribution < 1.29 is 0 Å². The van der Waals surface area contributed by atoms with Gasteiger partial charge in [0, 0.05) is 17.1 Å². The molecule has 0 spiro atoms. The lowest BCUT2D eigenvalue weighted by Gasteiger charge is -2.07. The number of nitrogens with zero attached hydrogens (tertiary/aromatic N) is 1. The molecule has 0 bridgehead atoms. The van der Waals surface area contributed by atoms with E-state index < -0.39 is 0 Å². The van der Waals surface area contributed by atoms with Crippen LogP contribution in [0.4, 0.5) is 0 Å². The lowest BCUT2D eigenvalue weighted by Crippen LogP contribution is -2.10. The summed E-state index contributed by atoms with van der Waals surface area (Å²) in [6.45, 7) is 6.76. The van der Waals surface area contributed by atoms with Crippen LogP contribution in [0.2, 0.25) is 5.02 Å². The van der Waals surface area contributed by atoms with Gasteiger partial charge in [0.1, 0.15) is 0 Å². The second kappa shape index (κ2) is 3.56. The van der Waals surface area contributed by atoms with E-state index in [-0.39, 0.29) is 0 Å². The van der Waals surface area contributed by atoms with Gasteiger partial charge in [0.15, 0.2) is 0 Å². The maximum atomic E-state index is 5.86. The van der Waals surface area contributed by atoms with Crippen LogP contribution in [0.3, 0.4) is 0 Å². The highest BCUT2D eigenvalue weighted by Crippen LogP contribution is 2.44. The molecule has 1 nitrogen and oxygen atoms in total. The summed E-state index contributed by atoms with van der Waals surface area (Å²) in [5, 5.41) is 0.818. The van der Waals surface area contributed by atoms with E-state index in [9.17, 15) is 0 Å². The van der Waals surface area contributed by atoms with Crippen LogP contribution in [0.1, 0.15) is 32.4 Å². The first-order valence-corrected chi connectivity index (χ1v) is 5.52. The van der Waals surface area contributed by atoms with Gasteiger partial charge in [0.2, 0.25) is 0 Å². The van der Waals surface area contributed by atoms with Crippen molar-refractivity contribution in [2.45, 2.75) is 38.9 Å². The Morgan fingerprint density at radius 2 is 1.79 bits per heavy atom. The third kappa shape index (κ3) is 1.67. The Kier molecular flexibility index (Phi) is 2.54. The first-order valence-electron chi connectivity index (χ1n) is 5.14. The molecule has 0 aliphatic carbocycles. The predicted molar refractivity (Wildman–Crippen MR) is 60.6 cm³/mol. The SMILES string of the molecule is CC(C)N1[C@H](C)[C@@H]1c1ccc(Cl)cc1. The molecule has 1 heterocycles. The number of benzene rings is 1. The molecular weight excluding hydrogens is 194 g/mol. The van der Waals surface area contributed by atoms with Crippen LogP contribution in [-0.4, -0.2) is 17.0 Å². The van der Waals surface area contributed by atoms with E-state index in [1.807, 2.05) is 12.1 Å². The quantitative estimate of drug-likeness (QED) is 0.674. The number of rotatable bonds is 2. The Morgan fingerprint density at radius 3 is 2.21 bits per heavy atom. The van der Waals surface area contributed by atoms with Crippen molar-refractivity contribution in [3.05, 3.63) is 34.9 Å². The molecule has 0 N–H and O–H groups in total. The summed E-state index contributed by atoms with van der Waals surface area (Å²) in [6.07, 6.45) is 0. The molecular formula is C12H16ClN. The van der Waals surface area contributed by atoms with Gasteiger partial charge in [-0.25, -0.2) is 0 Å². The van der Waals surface area contributed by atoms with Gasteiger partial charge in [-0.1, -0.05) is 23.7 Å². The average Bonchev–Trinajstić information content (AvgIpc) is 2.79. The number of hydrogen-bond donors (Lipinski definition) is 0. The standard InChI is InChI=1S/C12H16ClN/c1-8(2)14-9(3)12(14)10-4-6-11(13)7-5-10/h4-9,12H,1-3H3/t9-,12-,14?/m1/s1. The fourth-order valence-electron chi connectivity index (χ4n) is 2.27. The number of hydrogen-bond acceptors (Lipinski definition) is 1. The summed E-state index contributed by atoms with van der Waals surface area (Å²) in [5.74, 6) is 0. The fraction of sp³-hybridized carbons (Fsp3) is 0.500. The minimum Gasteiger partial charge on any atom is -0.288 e. The lowest BCUT2D eigenvalue weighted by molar-refractivity contribution is 0.404. The van der Waals surface area contributed by atoms with E-state index in [1.54, 1.807) is 0 Å². The Balaban J connectivity index is 2.15. The highest BCUT2D eigenvalue weighted by Gasteiger charge is 2.45. The highest BCUT2D eigenvalue weighted by atomic mass is 35.5. The molecule has 14 heavy (non-hydrogen) atoms. The summed E-state index contributed by atoms with van der Waals surface area (Å²) in [4.78, 5) is 2.50. The van der Waals surface area contributed by atoms with Crippen molar-refractivity contribution in [1.29, 1.82) is 0 Å². The second-order valence-corrected chi connectivity index (χ2v) is 4.71. The lowest BCUT2D eigenvalue weighted by atomic mass is 10.1. The van der Waals surface area contributed by atoms with Crippen LogP contribution >= 0.6 is 11.6 Å². The minimum absolute atomic E-state index is 0.604. The van der Waals surface area contributed by atoms with Gasteiger partial charge < -0.3 is 0 Å². The van der Waals surface area contributed by atoms with E-state index in [0.29, 0.717) is 18.1 Å². The minimum atomic E-state index is 0.604. The molecule has 1 unspecified atom stereocenters. The zero-order chi connectivity index (χ0) is 10.3. The van der Waals surface area contributed by atoms with Gasteiger partial charge >= 0.3 is 0 Å². The van der Waals surface area contributed by atoms with Crippen molar-refractivity contribution in [1.82, 2.24) is 4.90 Å². The Morgan fingerprint density at radius 1 is 1.21 bits per heavy atom. The summed E-state index contributed by atoms with van der Waals surface area (Å²) < 4.78 is 0. The number of halogens is 1. The van der Waals surface area contributed by atoms with Crippen LogP contribution in [0.25, 0.3) is 0 Å². The largest absolute Gasteiger partial charge is 0.288 e. The van der Waals surface area contributed by atoms with Crippen LogP contribution < -0.4 is 0 Å². The van der Waals surface area contributed by atoms with Crippen LogP contribution in [0.15, 0.2) is 24.3 Å². The zero-order valence-corrected chi connectivity index (χ0v) is 9.62. The summed E-state index contributed by atoms with van der Waals surface area (Å²) >= 11 is 5.86. The van der Waals surface area contributed by atoms with Crippen LogP contribution in [0, 0.1) is 0 Å². The second-order valence-electron chi connectivity index (χ2n) is 4.28. The van der Waals surface area contributed by atoms with Gasteiger partial charge in [-0.15, -0.1) is 0 Å². The van der Waals surface area contributed by atoms with Gasteiger partial charge in [0.25, 0.3) is 0 Å². The van der Waals surface area contributed by atoms with Crippen LogP contribution in [-0.2, 0) is 0 Å². The first-order chi connectivity index (χ1) is 6.61. The maximum absolute atomic E-state index is 5.86. The summed E-state index contributed by atoms with van der Waals surface area (Å²) in [5.41, 5.74) is 1.38. The van der Waals surface area contributed by atoms with Crippen molar-refractivity contribution in [3.63, 3.8) is 0 Å². The smallest absolute Gasteiger partial charge is 0.0507 e. The van der Waals surface area contributed by atoms with E-state index in [2.05, 4.69) is 37.8 Å². The molecule has 0 aromatic heterocycles. The summed E-state index contributed by atoms with van der Waals surface area (Å²) in [7, 11) is 0. The van der Waals surface area contributed by atoms with Crippen molar-refractivity contribution in [2.75, 3.05) is 0 Å². The van der Waals surface area contributed by atoms with Gasteiger partial charge in [-0.05, 0) is 38.5 Å². The van der Waals surface area contributed by atoms with Gasteiger partial charge in [0.05, 0.1) is 6.04 Å². The highest BCUT2D eigenvalue weighted by molar-refractivity contribution is 6.30. The predicted octanol–water partition coefficient (Wildman–Crippen LogP) is 3.49. The third-order valence-corrected chi connectivity index (χ3v) is 3.22. The molecule has 1 aliphatic heterocycles. The third-order valence-electron chi connectivity index (χ3n) is 2.97. The van der Waals surface area contributed by atoms with E-state index in [1.165, 1.54) is 5.56 Å². The van der Waals surface area contributed by atoms with Crippen molar-refractivity contribution >= 4 is 11.6 Å². The Hall–Kier alpha value is -0.530. The molecule has 1 aromatic carbocycles. The van der Waals surface area contributed by atoms with Crippen molar-refractivity contribution in [2.24, 2.45) is 0 Å². The topological polar surface area (TPSA) is 3.01 Å². The van der Waals surface area contributed by atoms with E-state index >= 15 is 0 Å². The molecule has 2 rings (SSSR count). The van der Waals surface area contributed by atoms with Crippen molar-refractivity contribution in [3.8, 4) is 0 Å². The normalized spacial score (nSPS) is 30.8. The molecule has 0 amide bonds. The van der Waals surface area contributed by atoms with E-state index in [4.69, 9.17) is 11.6 Å². The fourth-order valence-corrected chi connectivity index (χ4v) is 2.40. The zero-order valence-electron chi connectivity index (χ0n) is 8.87. The molecule has 1 saturated heterocycles. The molecule has 1 fully saturated rings. The first kappa shape index (κ1) is 10.0. The molecule has 3 atom stereocenters. The molecule has 76 valence electrons. The maximum Gasteiger partial charge on any atom is 0.0507 e. The Bertz CT molecular complexity index is 318. The van der Waals surface area contributed by atoms with Gasteiger partial charge in [-0.2, -0.15) is 0 Å². The molecule has 0 saturated carbocycles.